The first-order chi connectivity index (χ1) is 23.7. The number of aliphatic hydroxyl groups is 1. The monoisotopic (exact) mass is 747 g/mol. The van der Waals surface area contributed by atoms with Gasteiger partial charge < -0.3 is 29.1 Å². The Labute approximate surface area is 312 Å². The van der Waals surface area contributed by atoms with Crippen LogP contribution in [0.1, 0.15) is 78.9 Å². The van der Waals surface area contributed by atoms with E-state index in [-0.39, 0.29) is 29.9 Å². The molecular formula is C38H54ClN3O8S. The lowest BCUT2D eigenvalue weighted by Crippen LogP contribution is -2.60. The van der Waals surface area contributed by atoms with Gasteiger partial charge in [0.2, 0.25) is 11.8 Å². The highest BCUT2D eigenvalue weighted by Gasteiger charge is 2.66. The van der Waals surface area contributed by atoms with E-state index in [2.05, 4.69) is 17.9 Å². The van der Waals surface area contributed by atoms with Gasteiger partial charge in [0.1, 0.15) is 29.6 Å². The maximum atomic E-state index is 14.4. The average Bonchev–Trinajstić information content (AvgIpc) is 3.76. The highest BCUT2D eigenvalue weighted by molar-refractivity contribution is 7.80. The number of carbonyl (C=O) groups is 4. The number of halogens is 1. The Bertz CT molecular complexity index is 1580. The van der Waals surface area contributed by atoms with Crippen molar-refractivity contribution in [1.82, 2.24) is 10.2 Å². The first-order valence-corrected chi connectivity index (χ1v) is 18.5. The maximum Gasteiger partial charge on any atom is 0.409 e. The number of likely N-dealkylation sites (N-methyl/N-ethyl adjacent to an activating group) is 1. The highest BCUT2D eigenvalue weighted by atomic mass is 35.5. The fourth-order valence-corrected chi connectivity index (χ4v) is 7.47. The molecule has 1 aromatic rings. The molecule has 2 N–H and O–H groups in total. The zero-order valence-electron chi connectivity index (χ0n) is 31.4. The molecular weight excluding hydrogens is 694 g/mol. The van der Waals surface area contributed by atoms with Gasteiger partial charge in [-0.1, -0.05) is 62.2 Å². The molecule has 2 saturated heterocycles. The molecule has 3 unspecified atom stereocenters. The largest absolute Gasteiger partial charge is 0.457 e. The van der Waals surface area contributed by atoms with Crippen LogP contribution in [0.25, 0.3) is 0 Å². The van der Waals surface area contributed by atoms with Gasteiger partial charge in [-0.15, -0.1) is 0 Å². The Kier molecular flexibility index (Phi) is 12.7. The van der Waals surface area contributed by atoms with Crippen LogP contribution < -0.4 is 10.2 Å². The number of rotatable bonds is 6. The van der Waals surface area contributed by atoms with Crippen LogP contribution in [0.15, 0.2) is 35.9 Å². The summed E-state index contributed by atoms with van der Waals surface area (Å²) >= 11 is 11.2. The standard InChI is InChI=1S/C38H54ClN3O8S/c1-20-12-11-13-22(3)38(47)19-29(48-36(46)40-38)24(5)33-37(8,50-33)32(49-35(45)26(7)41(9)30(43)15-14-23(4)51)25(6)34(44)42(10)28-18-27(16-20)17-21(2)31(28)39/h11-13,17-18,22-26,29,32-33,47,51H,14-16,19H2,1-10H3,(H,40,46)/b13-11+,20-12+/t22-,23?,24-,25?,26+,29?,32+,33+,37+,38+/m1/s1. The van der Waals surface area contributed by atoms with E-state index in [1.54, 1.807) is 34.9 Å². The van der Waals surface area contributed by atoms with Gasteiger partial charge in [-0.25, -0.2) is 9.59 Å². The quantitative estimate of drug-likeness (QED) is 0.189. The van der Waals surface area contributed by atoms with Gasteiger partial charge in [-0.05, 0) is 69.9 Å². The number of amides is 3. The summed E-state index contributed by atoms with van der Waals surface area (Å²) in [4.78, 5) is 56.7. The summed E-state index contributed by atoms with van der Waals surface area (Å²) in [6.45, 7) is 14.4. The number of thiol groups is 1. The van der Waals surface area contributed by atoms with Crippen molar-refractivity contribution in [3.8, 4) is 0 Å². The van der Waals surface area contributed by atoms with Crippen molar-refractivity contribution >= 4 is 53.8 Å². The topological polar surface area (TPSA) is 138 Å². The summed E-state index contributed by atoms with van der Waals surface area (Å²) in [7, 11) is 3.18. The lowest BCUT2D eigenvalue weighted by Gasteiger charge is -2.42. The normalized spacial score (nSPS) is 34.1. The number of benzene rings is 1. The van der Waals surface area contributed by atoms with E-state index in [9.17, 15) is 24.3 Å². The average molecular weight is 748 g/mol. The van der Waals surface area contributed by atoms with Gasteiger partial charge in [-0.3, -0.25) is 14.9 Å². The highest BCUT2D eigenvalue weighted by Crippen LogP contribution is 2.50. The van der Waals surface area contributed by atoms with E-state index in [4.69, 9.17) is 25.8 Å². The van der Waals surface area contributed by atoms with Crippen molar-refractivity contribution < 1.29 is 38.5 Å². The van der Waals surface area contributed by atoms with Crippen LogP contribution in [0.4, 0.5) is 10.5 Å². The SMILES string of the molecule is C/C1=C\C=C\[C@@H](C)[C@@]2(O)CC(OC(=O)N2)[C@@H](C)[C@@H]2O[C@@]2(C)[C@@H](OC(=O)[C@H](C)N(C)C(=O)CCC(C)S)C(C)C(=O)N(C)c2cc(cc(C)c2Cl)C1. The van der Waals surface area contributed by atoms with E-state index >= 15 is 0 Å². The Balaban J connectivity index is 1.76. The molecule has 0 aromatic heterocycles. The molecule has 3 heterocycles. The number of epoxide rings is 1. The first kappa shape index (κ1) is 40.7. The molecule has 4 rings (SSSR count). The predicted molar refractivity (Wildman–Crippen MR) is 200 cm³/mol. The molecule has 10 atom stereocenters. The molecule has 0 aliphatic carbocycles. The van der Waals surface area contributed by atoms with Crippen molar-refractivity contribution in [2.45, 2.75) is 122 Å². The molecule has 0 saturated carbocycles. The second kappa shape index (κ2) is 15.9. The van der Waals surface area contributed by atoms with Crippen molar-refractivity contribution in [3.05, 3.63) is 52.1 Å². The molecule has 1 aromatic carbocycles. The zero-order chi connectivity index (χ0) is 38.2. The fraction of sp³-hybridized carbons (Fsp3) is 0.632. The van der Waals surface area contributed by atoms with Crippen LogP contribution >= 0.6 is 24.2 Å². The van der Waals surface area contributed by atoms with Gasteiger partial charge in [0.25, 0.3) is 0 Å². The van der Waals surface area contributed by atoms with Gasteiger partial charge in [-0.2, -0.15) is 12.6 Å². The number of hydrogen-bond donors (Lipinski definition) is 3. The molecule has 3 amide bonds. The maximum absolute atomic E-state index is 14.4. The molecule has 11 nitrogen and oxygen atoms in total. The van der Waals surface area contributed by atoms with Gasteiger partial charge >= 0.3 is 12.1 Å². The minimum Gasteiger partial charge on any atom is -0.457 e. The summed E-state index contributed by atoms with van der Waals surface area (Å²) in [5, 5.41) is 14.7. The number of alkyl carbamates (subject to hydrolysis) is 1. The van der Waals surface area contributed by atoms with Crippen molar-refractivity contribution in [3.63, 3.8) is 0 Å². The summed E-state index contributed by atoms with van der Waals surface area (Å²) < 4.78 is 18.2. The predicted octanol–water partition coefficient (Wildman–Crippen LogP) is 5.78. The number of ether oxygens (including phenoxy) is 3. The molecule has 3 aliphatic rings. The summed E-state index contributed by atoms with van der Waals surface area (Å²) in [6, 6.07) is 2.90. The zero-order valence-corrected chi connectivity index (χ0v) is 33.0. The molecule has 0 radical (unpaired) electrons. The number of aryl methyl sites for hydroxylation is 1. The lowest BCUT2D eigenvalue weighted by atomic mass is 9.80. The van der Waals surface area contributed by atoms with E-state index < -0.39 is 65.5 Å². The van der Waals surface area contributed by atoms with Crippen LogP contribution in [0, 0.1) is 24.7 Å². The third kappa shape index (κ3) is 8.95. The Morgan fingerprint density at radius 2 is 1.88 bits per heavy atom. The van der Waals surface area contributed by atoms with E-state index in [0.29, 0.717) is 23.6 Å². The van der Waals surface area contributed by atoms with Gasteiger partial charge in [0.05, 0.1) is 22.7 Å². The van der Waals surface area contributed by atoms with Crippen LogP contribution in [0.5, 0.6) is 0 Å². The first-order valence-electron chi connectivity index (χ1n) is 17.6. The number of allylic oxidation sites excluding steroid dienone is 3. The Hall–Kier alpha value is -3.06. The number of fused-ring (bicyclic) bond motifs is 5. The molecule has 3 aliphatic heterocycles. The van der Waals surface area contributed by atoms with Gasteiger partial charge in [0, 0.05) is 38.8 Å². The third-order valence-electron chi connectivity index (χ3n) is 10.8. The number of hydrogen-bond acceptors (Lipinski definition) is 9. The number of nitrogens with one attached hydrogen (secondary N) is 1. The second-order valence-electron chi connectivity index (χ2n) is 15.0. The van der Waals surface area contributed by atoms with Crippen LogP contribution in [0.2, 0.25) is 5.02 Å². The molecule has 4 bridgehead atoms. The smallest absolute Gasteiger partial charge is 0.409 e. The number of esters is 1. The van der Waals surface area contributed by atoms with Crippen LogP contribution in [-0.2, 0) is 35.0 Å². The number of nitrogens with zero attached hydrogens (tertiary/aromatic N) is 2. The third-order valence-corrected chi connectivity index (χ3v) is 11.5. The van der Waals surface area contributed by atoms with E-state index in [1.165, 1.54) is 9.80 Å². The molecule has 0 spiro atoms. The Morgan fingerprint density at radius 1 is 1.22 bits per heavy atom. The minimum absolute atomic E-state index is 0.0179. The van der Waals surface area contributed by atoms with E-state index in [1.807, 2.05) is 65.0 Å². The lowest BCUT2D eigenvalue weighted by molar-refractivity contribution is -0.165. The Morgan fingerprint density at radius 3 is 2.53 bits per heavy atom. The molecule has 13 heteroatoms. The number of carbonyl (C=O) groups excluding carboxylic acids is 4. The molecule has 2 fully saturated rings. The van der Waals surface area contributed by atoms with Crippen molar-refractivity contribution in [2.75, 3.05) is 19.0 Å². The van der Waals surface area contributed by atoms with E-state index in [0.717, 1.165) is 16.7 Å². The summed E-state index contributed by atoms with van der Waals surface area (Å²) in [5.74, 6) is -3.16. The second-order valence-corrected chi connectivity index (χ2v) is 16.3. The van der Waals surface area contributed by atoms with Crippen molar-refractivity contribution in [2.24, 2.45) is 17.8 Å². The number of anilines is 1. The summed E-state index contributed by atoms with van der Waals surface area (Å²) in [6.07, 6.45) is 3.82. The van der Waals surface area contributed by atoms with Crippen LogP contribution in [0.3, 0.4) is 0 Å². The fourth-order valence-electron chi connectivity index (χ4n) is 7.10. The molecule has 282 valence electrons. The molecule has 51 heavy (non-hydrogen) atoms. The van der Waals surface area contributed by atoms with Crippen LogP contribution in [-0.4, -0.2) is 88.9 Å². The minimum atomic E-state index is -1.60. The van der Waals surface area contributed by atoms with Crippen molar-refractivity contribution in [1.29, 1.82) is 0 Å². The van der Waals surface area contributed by atoms with Gasteiger partial charge in [0.15, 0.2) is 0 Å². The summed E-state index contributed by atoms with van der Waals surface area (Å²) in [5.41, 5.74) is 0.498.